The largest absolute Gasteiger partial charge is 0.444 e. The molecule has 4 aromatic rings. The molecule has 0 aliphatic heterocycles. The van der Waals surface area contributed by atoms with Crippen LogP contribution in [0.25, 0.3) is 21.8 Å². The zero-order chi connectivity index (χ0) is 20.9. The number of amides is 1. The van der Waals surface area contributed by atoms with Gasteiger partial charge in [0.15, 0.2) is 0 Å². The number of pyridine rings is 2. The van der Waals surface area contributed by atoms with Gasteiger partial charge in [0.2, 0.25) is 0 Å². The molecule has 4 aromatic heterocycles. The van der Waals surface area contributed by atoms with Gasteiger partial charge in [-0.15, -0.1) is 0 Å². The average molecular weight is 394 g/mol. The summed E-state index contributed by atoms with van der Waals surface area (Å²) in [5.74, 6) is 0. The van der Waals surface area contributed by atoms with E-state index in [2.05, 4.69) is 25.3 Å². The lowest BCUT2D eigenvalue weighted by Crippen LogP contribution is -2.32. The number of H-pyrrole nitrogens is 2. The molecule has 0 aliphatic rings. The number of aromatic nitrogens is 4. The van der Waals surface area contributed by atoms with Gasteiger partial charge in [-0.05, 0) is 45.0 Å². The summed E-state index contributed by atoms with van der Waals surface area (Å²) in [6, 6.07) is 7.81. The summed E-state index contributed by atoms with van der Waals surface area (Å²) >= 11 is 0. The van der Waals surface area contributed by atoms with Crippen LogP contribution in [-0.2, 0) is 17.8 Å². The number of hydrogen-bond acceptors (Lipinski definition) is 5. The molecular weight excluding hydrogens is 368 g/mol. The van der Waals surface area contributed by atoms with Crippen LogP contribution in [0.15, 0.2) is 49.1 Å². The number of alkyl carbamates (subject to hydrolysis) is 1. The molecule has 0 radical (unpaired) electrons. The molecule has 0 fully saturated rings. The van der Waals surface area contributed by atoms with Crippen molar-refractivity contribution < 1.29 is 9.53 Å². The summed E-state index contributed by atoms with van der Waals surface area (Å²) in [6.45, 7) is 6.46. The van der Waals surface area contributed by atoms with E-state index in [1.54, 1.807) is 18.6 Å². The molecule has 0 atom stereocenters. The van der Waals surface area contributed by atoms with Crippen molar-refractivity contribution in [1.29, 1.82) is 0 Å². The summed E-state index contributed by atoms with van der Waals surface area (Å²) in [5, 5.41) is 4.85. The molecule has 0 aromatic carbocycles. The Hall–Kier alpha value is -3.39. The van der Waals surface area contributed by atoms with Crippen LogP contribution in [0.2, 0.25) is 0 Å². The first-order valence-corrected chi connectivity index (χ1v) is 9.34. The second-order valence-electron chi connectivity index (χ2n) is 7.57. The van der Waals surface area contributed by atoms with Gasteiger partial charge < -0.3 is 25.8 Å². The van der Waals surface area contributed by atoms with Gasteiger partial charge in [0.1, 0.15) is 5.60 Å². The molecule has 1 amide bonds. The molecule has 5 N–H and O–H groups in total. The van der Waals surface area contributed by atoms with Crippen molar-refractivity contribution in [3.63, 3.8) is 0 Å². The number of hydrogen-bond donors (Lipinski definition) is 4. The SMILES string of the molecule is CC(C)(C)OC(=O)NCc1cc2cnccc2[nH]1.NCc1cc2cnccc2[nH]1. The summed E-state index contributed by atoms with van der Waals surface area (Å²) in [6.07, 6.45) is 6.68. The molecular formula is C21H26N6O2. The van der Waals surface area contributed by atoms with Crippen molar-refractivity contribution in [3.8, 4) is 0 Å². The van der Waals surface area contributed by atoms with Gasteiger partial charge >= 0.3 is 6.09 Å². The van der Waals surface area contributed by atoms with E-state index in [0.29, 0.717) is 13.1 Å². The van der Waals surface area contributed by atoms with Crippen LogP contribution in [0.1, 0.15) is 32.2 Å². The molecule has 0 unspecified atom stereocenters. The van der Waals surface area contributed by atoms with Gasteiger partial charge in [-0.25, -0.2) is 4.79 Å². The smallest absolute Gasteiger partial charge is 0.407 e. The first-order chi connectivity index (χ1) is 13.8. The monoisotopic (exact) mass is 394 g/mol. The highest BCUT2D eigenvalue weighted by molar-refractivity contribution is 5.79. The van der Waals surface area contributed by atoms with Crippen LogP contribution < -0.4 is 11.1 Å². The Kier molecular flexibility index (Phi) is 6.13. The predicted octanol–water partition coefficient (Wildman–Crippen LogP) is 3.61. The maximum Gasteiger partial charge on any atom is 0.407 e. The molecule has 0 saturated carbocycles. The van der Waals surface area contributed by atoms with Crippen molar-refractivity contribution >= 4 is 27.9 Å². The number of nitrogens with one attached hydrogen (secondary N) is 3. The van der Waals surface area contributed by atoms with Crippen LogP contribution in [0.5, 0.6) is 0 Å². The van der Waals surface area contributed by atoms with Gasteiger partial charge in [0, 0.05) is 64.5 Å². The maximum absolute atomic E-state index is 11.5. The number of rotatable bonds is 3. The lowest BCUT2D eigenvalue weighted by Gasteiger charge is -2.19. The molecule has 29 heavy (non-hydrogen) atoms. The van der Waals surface area contributed by atoms with Gasteiger partial charge in [0.25, 0.3) is 0 Å². The first kappa shape index (κ1) is 20.3. The van der Waals surface area contributed by atoms with E-state index in [0.717, 1.165) is 33.2 Å². The Labute approximate surface area is 168 Å². The van der Waals surface area contributed by atoms with E-state index in [1.807, 2.05) is 51.2 Å². The van der Waals surface area contributed by atoms with Crippen LogP contribution in [0.3, 0.4) is 0 Å². The van der Waals surface area contributed by atoms with E-state index in [4.69, 9.17) is 10.5 Å². The Bertz CT molecular complexity index is 1030. The van der Waals surface area contributed by atoms with Crippen molar-refractivity contribution in [2.24, 2.45) is 5.73 Å². The zero-order valence-corrected chi connectivity index (χ0v) is 16.8. The molecule has 0 saturated heterocycles. The van der Waals surface area contributed by atoms with Gasteiger partial charge in [-0.1, -0.05) is 0 Å². The summed E-state index contributed by atoms with van der Waals surface area (Å²) < 4.78 is 5.16. The average Bonchev–Trinajstić information content (AvgIpc) is 3.28. The minimum absolute atomic E-state index is 0.406. The second kappa shape index (κ2) is 8.74. The van der Waals surface area contributed by atoms with E-state index in [9.17, 15) is 4.79 Å². The minimum atomic E-state index is -0.478. The van der Waals surface area contributed by atoms with Gasteiger partial charge in [-0.3, -0.25) is 9.97 Å². The normalized spacial score (nSPS) is 11.2. The van der Waals surface area contributed by atoms with Crippen LogP contribution in [0, 0.1) is 0 Å². The molecule has 152 valence electrons. The second-order valence-corrected chi connectivity index (χ2v) is 7.57. The molecule has 8 nitrogen and oxygen atoms in total. The van der Waals surface area contributed by atoms with E-state index in [-0.39, 0.29) is 0 Å². The van der Waals surface area contributed by atoms with Gasteiger partial charge in [0.05, 0.1) is 6.54 Å². The zero-order valence-electron chi connectivity index (χ0n) is 16.8. The Morgan fingerprint density at radius 1 is 1.03 bits per heavy atom. The third-order valence-electron chi connectivity index (χ3n) is 4.00. The van der Waals surface area contributed by atoms with E-state index >= 15 is 0 Å². The number of carbonyl (C=O) groups is 1. The van der Waals surface area contributed by atoms with E-state index < -0.39 is 11.7 Å². The molecule has 0 spiro atoms. The number of nitrogens with zero attached hydrogens (tertiary/aromatic N) is 2. The minimum Gasteiger partial charge on any atom is -0.444 e. The van der Waals surface area contributed by atoms with Crippen LogP contribution in [0.4, 0.5) is 4.79 Å². The quantitative estimate of drug-likeness (QED) is 0.423. The third kappa shape index (κ3) is 5.79. The number of ether oxygens (including phenoxy) is 1. The van der Waals surface area contributed by atoms with Crippen LogP contribution >= 0.6 is 0 Å². The summed E-state index contributed by atoms with van der Waals surface area (Å²) in [5.41, 5.74) is 9.06. The van der Waals surface area contributed by atoms with E-state index in [1.165, 1.54) is 0 Å². The first-order valence-electron chi connectivity index (χ1n) is 9.34. The third-order valence-corrected chi connectivity index (χ3v) is 4.00. The number of fused-ring (bicyclic) bond motifs is 2. The highest BCUT2D eigenvalue weighted by Crippen LogP contribution is 2.14. The molecule has 0 aliphatic carbocycles. The fourth-order valence-corrected chi connectivity index (χ4v) is 2.75. The Morgan fingerprint density at radius 2 is 1.59 bits per heavy atom. The van der Waals surface area contributed by atoms with Crippen molar-refractivity contribution in [1.82, 2.24) is 25.3 Å². The summed E-state index contributed by atoms with van der Waals surface area (Å²) in [7, 11) is 0. The Morgan fingerprint density at radius 3 is 2.10 bits per heavy atom. The number of aromatic amines is 2. The number of nitrogens with two attached hydrogens (primary N) is 1. The van der Waals surface area contributed by atoms with Gasteiger partial charge in [-0.2, -0.15) is 0 Å². The molecule has 4 rings (SSSR count). The fourth-order valence-electron chi connectivity index (χ4n) is 2.75. The lowest BCUT2D eigenvalue weighted by molar-refractivity contribution is 0.0523. The van der Waals surface area contributed by atoms with Crippen LogP contribution in [-0.4, -0.2) is 31.6 Å². The number of carbonyl (C=O) groups excluding carboxylic acids is 1. The fraction of sp³-hybridized carbons (Fsp3) is 0.286. The highest BCUT2D eigenvalue weighted by atomic mass is 16.6. The van der Waals surface area contributed by atoms with Crippen molar-refractivity contribution in [3.05, 3.63) is 60.4 Å². The highest BCUT2D eigenvalue weighted by Gasteiger charge is 2.15. The standard InChI is InChI=1S/C13H17N3O2.C8H9N3/c1-13(2,3)18-12(17)15-8-10-6-9-7-14-5-4-11(9)16-10;9-4-7-3-6-5-10-2-1-8(6)11-7/h4-7,16H,8H2,1-3H3,(H,15,17);1-3,5,11H,4,9H2. The molecule has 8 heteroatoms. The Balaban J connectivity index is 0.000000186. The van der Waals surface area contributed by atoms with Crippen molar-refractivity contribution in [2.45, 2.75) is 39.5 Å². The lowest BCUT2D eigenvalue weighted by atomic mass is 10.2. The summed E-state index contributed by atoms with van der Waals surface area (Å²) in [4.78, 5) is 25.9. The molecule has 4 heterocycles. The predicted molar refractivity (Wildman–Crippen MR) is 113 cm³/mol. The molecule has 0 bridgehead atoms. The maximum atomic E-state index is 11.5. The van der Waals surface area contributed by atoms with Crippen molar-refractivity contribution in [2.75, 3.05) is 0 Å². The topological polar surface area (TPSA) is 122 Å².